The molecular weight excluding hydrogens is 166 g/mol. The van der Waals surface area contributed by atoms with Crippen molar-refractivity contribution in [1.29, 1.82) is 0 Å². The van der Waals surface area contributed by atoms with Gasteiger partial charge in [0, 0.05) is 5.57 Å². The molecule has 13 heavy (non-hydrogen) atoms. The lowest BCUT2D eigenvalue weighted by Crippen LogP contribution is -2.23. The van der Waals surface area contributed by atoms with Crippen molar-refractivity contribution in [2.24, 2.45) is 17.3 Å². The molecule has 0 aromatic rings. The van der Waals surface area contributed by atoms with E-state index >= 15 is 0 Å². The fourth-order valence-corrected chi connectivity index (χ4v) is 3.07. The minimum atomic E-state index is -0.294. The van der Waals surface area contributed by atoms with Gasteiger partial charge >= 0.3 is 0 Å². The third-order valence-electron chi connectivity index (χ3n) is 3.88. The van der Waals surface area contributed by atoms with Crippen LogP contribution in [0.2, 0.25) is 0 Å². The number of allylic oxidation sites excluding steroid dienone is 1. The predicted molar refractivity (Wildman–Crippen MR) is 49.7 cm³/mol. The number of fused-ring (bicyclic) bond motifs is 2. The first-order valence-electron chi connectivity index (χ1n) is 4.87. The van der Waals surface area contributed by atoms with Crippen LogP contribution >= 0.6 is 0 Å². The maximum absolute atomic E-state index is 10.4. The molecule has 3 nitrogen and oxygen atoms in total. The van der Waals surface area contributed by atoms with Crippen LogP contribution < -0.4 is 0 Å². The maximum atomic E-state index is 10.4. The van der Waals surface area contributed by atoms with Gasteiger partial charge in [0.1, 0.15) is 0 Å². The number of hydrogen-bond donors (Lipinski definition) is 0. The summed E-state index contributed by atoms with van der Waals surface area (Å²) in [4.78, 5) is 10.2. The average Bonchev–Trinajstić information content (AvgIpc) is 2.53. The van der Waals surface area contributed by atoms with E-state index < -0.39 is 0 Å². The van der Waals surface area contributed by atoms with Gasteiger partial charge in [0.05, 0.1) is 4.92 Å². The van der Waals surface area contributed by atoms with Crippen molar-refractivity contribution in [3.05, 3.63) is 21.9 Å². The average molecular weight is 181 g/mol. The van der Waals surface area contributed by atoms with Crippen LogP contribution in [-0.2, 0) is 0 Å². The largest absolute Gasteiger partial charge is 0.259 e. The Hall–Kier alpha value is -0.860. The Labute approximate surface area is 78.0 Å². The minimum absolute atomic E-state index is 0.0794. The highest BCUT2D eigenvalue weighted by Crippen LogP contribution is 2.58. The van der Waals surface area contributed by atoms with Gasteiger partial charge < -0.3 is 0 Å². The van der Waals surface area contributed by atoms with E-state index in [0.29, 0.717) is 11.8 Å². The van der Waals surface area contributed by atoms with E-state index in [1.165, 1.54) is 19.0 Å². The van der Waals surface area contributed by atoms with Gasteiger partial charge in [0.15, 0.2) is 0 Å². The summed E-state index contributed by atoms with van der Waals surface area (Å²) in [6.07, 6.45) is 4.84. The summed E-state index contributed by atoms with van der Waals surface area (Å²) in [6.45, 7) is 4.29. The molecule has 0 radical (unpaired) electrons. The van der Waals surface area contributed by atoms with E-state index in [1.807, 2.05) is 0 Å². The highest BCUT2D eigenvalue weighted by molar-refractivity contribution is 5.24. The molecule has 2 saturated carbocycles. The second-order valence-corrected chi connectivity index (χ2v) is 4.80. The summed E-state index contributed by atoms with van der Waals surface area (Å²) in [6, 6.07) is 0. The van der Waals surface area contributed by atoms with Gasteiger partial charge in [-0.15, -0.1) is 0 Å². The predicted octanol–water partition coefficient (Wildman–Crippen LogP) is 2.60. The highest BCUT2D eigenvalue weighted by atomic mass is 16.6. The van der Waals surface area contributed by atoms with E-state index in [9.17, 15) is 10.1 Å². The fourth-order valence-electron chi connectivity index (χ4n) is 3.07. The van der Waals surface area contributed by atoms with Gasteiger partial charge in [-0.05, 0) is 36.5 Å². The first kappa shape index (κ1) is 8.73. The Morgan fingerprint density at radius 3 is 2.69 bits per heavy atom. The third-order valence-corrected chi connectivity index (χ3v) is 3.88. The van der Waals surface area contributed by atoms with E-state index in [1.54, 1.807) is 0 Å². The summed E-state index contributed by atoms with van der Waals surface area (Å²) in [5, 5.41) is 10.4. The first-order valence-corrected chi connectivity index (χ1v) is 4.87. The van der Waals surface area contributed by atoms with Crippen LogP contribution in [0.5, 0.6) is 0 Å². The van der Waals surface area contributed by atoms with Gasteiger partial charge in [-0.3, -0.25) is 10.1 Å². The second-order valence-electron chi connectivity index (χ2n) is 4.80. The third kappa shape index (κ3) is 1.18. The molecule has 2 aliphatic carbocycles. The Morgan fingerprint density at radius 1 is 1.54 bits per heavy atom. The molecule has 0 amide bonds. The summed E-state index contributed by atoms with van der Waals surface area (Å²) in [5.41, 5.74) is 1.16. The second kappa shape index (κ2) is 2.56. The quantitative estimate of drug-likeness (QED) is 0.461. The van der Waals surface area contributed by atoms with Crippen molar-refractivity contribution in [2.45, 2.75) is 33.1 Å². The van der Waals surface area contributed by atoms with Crippen LogP contribution in [0.4, 0.5) is 0 Å². The van der Waals surface area contributed by atoms with Crippen molar-refractivity contribution in [2.75, 3.05) is 0 Å². The Kier molecular flexibility index (Phi) is 1.72. The van der Waals surface area contributed by atoms with Crippen LogP contribution in [-0.4, -0.2) is 4.92 Å². The zero-order valence-electron chi connectivity index (χ0n) is 8.12. The van der Waals surface area contributed by atoms with Gasteiger partial charge in [-0.25, -0.2) is 0 Å². The molecule has 2 atom stereocenters. The molecule has 72 valence electrons. The first-order chi connectivity index (χ1) is 6.01. The van der Waals surface area contributed by atoms with Crippen LogP contribution in [0.25, 0.3) is 0 Å². The summed E-state index contributed by atoms with van der Waals surface area (Å²) >= 11 is 0. The lowest BCUT2D eigenvalue weighted by atomic mass is 9.73. The SMILES string of the molecule is CC1(C)/C(=C/[N+](=O)[O-])C2CCC1C2. The molecule has 2 fully saturated rings. The van der Waals surface area contributed by atoms with E-state index in [0.717, 1.165) is 12.0 Å². The molecular formula is C10H15NO2. The minimum Gasteiger partial charge on any atom is -0.259 e. The maximum Gasteiger partial charge on any atom is 0.234 e. The molecule has 2 aliphatic rings. The summed E-state index contributed by atoms with van der Waals surface area (Å²) in [7, 11) is 0. The monoisotopic (exact) mass is 181 g/mol. The zero-order chi connectivity index (χ0) is 9.64. The van der Waals surface area contributed by atoms with Gasteiger partial charge in [-0.2, -0.15) is 0 Å². The van der Waals surface area contributed by atoms with E-state index in [2.05, 4.69) is 13.8 Å². The Morgan fingerprint density at radius 2 is 2.23 bits per heavy atom. The summed E-state index contributed by atoms with van der Waals surface area (Å²) < 4.78 is 0. The molecule has 2 rings (SSSR count). The van der Waals surface area contributed by atoms with Crippen molar-refractivity contribution in [1.82, 2.24) is 0 Å². The van der Waals surface area contributed by atoms with Crippen LogP contribution in [0.1, 0.15) is 33.1 Å². The van der Waals surface area contributed by atoms with Crippen LogP contribution in [0.3, 0.4) is 0 Å². The van der Waals surface area contributed by atoms with Gasteiger partial charge in [0.25, 0.3) is 0 Å². The van der Waals surface area contributed by atoms with Crippen molar-refractivity contribution in [3.63, 3.8) is 0 Å². The standard InChI is InChI=1S/C10H15NO2/c1-10(2)8-4-3-7(5-8)9(10)6-11(12)13/h6-8H,3-5H2,1-2H3/b9-6+. The van der Waals surface area contributed by atoms with E-state index in [-0.39, 0.29) is 10.3 Å². The molecule has 0 aliphatic heterocycles. The van der Waals surface area contributed by atoms with Gasteiger partial charge in [-0.1, -0.05) is 13.8 Å². The molecule has 0 heterocycles. The van der Waals surface area contributed by atoms with Crippen molar-refractivity contribution < 1.29 is 4.92 Å². The van der Waals surface area contributed by atoms with E-state index in [4.69, 9.17) is 0 Å². The molecule has 0 aromatic carbocycles. The van der Waals surface area contributed by atoms with Crippen molar-refractivity contribution in [3.8, 4) is 0 Å². The molecule has 3 heteroatoms. The van der Waals surface area contributed by atoms with Crippen molar-refractivity contribution >= 4 is 0 Å². The number of nitrogens with zero attached hydrogens (tertiary/aromatic N) is 1. The Bertz CT molecular complexity index is 281. The lowest BCUT2D eigenvalue weighted by Gasteiger charge is -2.30. The lowest BCUT2D eigenvalue weighted by molar-refractivity contribution is -0.404. The number of nitro groups is 1. The molecule has 2 bridgehead atoms. The zero-order valence-corrected chi connectivity index (χ0v) is 8.12. The van der Waals surface area contributed by atoms with Crippen LogP contribution in [0, 0.1) is 27.4 Å². The summed E-state index contributed by atoms with van der Waals surface area (Å²) in [5.74, 6) is 1.19. The smallest absolute Gasteiger partial charge is 0.234 e. The Balaban J connectivity index is 2.34. The number of rotatable bonds is 1. The topological polar surface area (TPSA) is 43.1 Å². The normalized spacial score (nSPS) is 38.5. The fraction of sp³-hybridized carbons (Fsp3) is 0.800. The van der Waals surface area contributed by atoms with Crippen LogP contribution in [0.15, 0.2) is 11.8 Å². The highest BCUT2D eigenvalue weighted by Gasteiger charge is 2.50. The van der Waals surface area contributed by atoms with Gasteiger partial charge in [0.2, 0.25) is 6.20 Å². The molecule has 0 N–H and O–H groups in total. The molecule has 2 unspecified atom stereocenters. The molecule has 0 spiro atoms. The number of hydrogen-bond acceptors (Lipinski definition) is 2. The molecule has 0 saturated heterocycles. The molecule has 0 aromatic heterocycles.